The third kappa shape index (κ3) is 4.06. The minimum absolute atomic E-state index is 0.362. The van der Waals surface area contributed by atoms with Crippen molar-refractivity contribution < 1.29 is 19.3 Å². The van der Waals surface area contributed by atoms with E-state index >= 15 is 0 Å². The van der Waals surface area contributed by atoms with Crippen molar-refractivity contribution in [3.05, 3.63) is 64.8 Å². The van der Waals surface area contributed by atoms with Crippen LogP contribution in [0.25, 0.3) is 22.0 Å². The summed E-state index contributed by atoms with van der Waals surface area (Å²) in [6.07, 6.45) is -0.630. The number of nitriles is 1. The minimum Gasteiger partial charge on any atom is -0.389 e. The predicted octanol–water partition coefficient (Wildman–Crippen LogP) is 4.02. The zero-order chi connectivity index (χ0) is 22.0. The van der Waals surface area contributed by atoms with Crippen LogP contribution in [0.4, 0.5) is 0 Å². The standard InChI is InChI=1S/C25H26N2O4/c1-16-10-20(17(2)28)22-12-21(24(13-26)27-23(22)11-16)18-4-6-19(7-5-18)25(14-30-15-25)31-9-8-29-3/h4-7,10-12,17,28H,8-9,14-15H2,1-3H3. The molecule has 0 spiro atoms. The number of pyridine rings is 1. The molecule has 3 aromatic rings. The van der Waals surface area contributed by atoms with Gasteiger partial charge in [0.05, 0.1) is 38.0 Å². The number of aryl methyl sites for hydroxylation is 1. The fourth-order valence-corrected chi connectivity index (χ4v) is 3.99. The van der Waals surface area contributed by atoms with Gasteiger partial charge in [-0.15, -0.1) is 0 Å². The molecule has 6 nitrogen and oxygen atoms in total. The molecular weight excluding hydrogens is 392 g/mol. The van der Waals surface area contributed by atoms with Gasteiger partial charge in [-0.25, -0.2) is 4.98 Å². The third-order valence-electron chi connectivity index (χ3n) is 5.72. The van der Waals surface area contributed by atoms with Crippen LogP contribution in [0, 0.1) is 18.3 Å². The zero-order valence-electron chi connectivity index (χ0n) is 18.0. The number of hydrogen-bond donors (Lipinski definition) is 1. The number of nitrogens with zero attached hydrogens (tertiary/aromatic N) is 2. The number of hydrogen-bond acceptors (Lipinski definition) is 6. The van der Waals surface area contributed by atoms with Gasteiger partial charge in [0, 0.05) is 18.1 Å². The molecule has 2 aromatic carbocycles. The van der Waals surface area contributed by atoms with Gasteiger partial charge in [0.15, 0.2) is 0 Å². The smallest absolute Gasteiger partial charge is 0.149 e. The number of aliphatic hydroxyl groups is 1. The molecule has 1 atom stereocenters. The SMILES string of the molecule is COCCOC1(c2ccc(-c3cc4c(C(C)O)cc(C)cc4nc3C#N)cc2)COC1. The van der Waals surface area contributed by atoms with Crippen LogP contribution in [0.2, 0.25) is 0 Å². The molecule has 0 amide bonds. The highest BCUT2D eigenvalue weighted by atomic mass is 16.6. The lowest BCUT2D eigenvalue weighted by molar-refractivity contribution is -0.220. The molecule has 1 N–H and O–H groups in total. The van der Waals surface area contributed by atoms with Gasteiger partial charge in [0.1, 0.15) is 17.4 Å². The molecular formula is C25H26N2O4. The summed E-state index contributed by atoms with van der Waals surface area (Å²) in [6, 6.07) is 16.1. The highest BCUT2D eigenvalue weighted by molar-refractivity contribution is 5.89. The lowest BCUT2D eigenvalue weighted by atomic mass is 9.89. The van der Waals surface area contributed by atoms with Gasteiger partial charge in [0.25, 0.3) is 0 Å². The Kier molecular flexibility index (Phi) is 6.03. The van der Waals surface area contributed by atoms with Crippen LogP contribution in [-0.4, -0.2) is 43.6 Å². The van der Waals surface area contributed by atoms with E-state index in [1.807, 2.05) is 49.4 Å². The monoisotopic (exact) mass is 418 g/mol. The Morgan fingerprint density at radius 3 is 2.52 bits per heavy atom. The summed E-state index contributed by atoms with van der Waals surface area (Å²) in [5.74, 6) is 0. The first-order valence-electron chi connectivity index (χ1n) is 10.3. The first-order valence-corrected chi connectivity index (χ1v) is 10.3. The van der Waals surface area contributed by atoms with Crippen LogP contribution >= 0.6 is 0 Å². The molecule has 31 heavy (non-hydrogen) atoms. The summed E-state index contributed by atoms with van der Waals surface area (Å²) in [4.78, 5) is 4.59. The highest BCUT2D eigenvalue weighted by Gasteiger charge is 2.41. The maximum Gasteiger partial charge on any atom is 0.149 e. The Bertz CT molecular complexity index is 1130. The topological polar surface area (TPSA) is 84.6 Å². The maximum absolute atomic E-state index is 10.3. The average molecular weight is 418 g/mol. The predicted molar refractivity (Wildman–Crippen MR) is 118 cm³/mol. The molecule has 1 saturated heterocycles. The number of ether oxygens (including phenoxy) is 3. The highest BCUT2D eigenvalue weighted by Crippen LogP contribution is 2.36. The molecule has 0 radical (unpaired) electrons. The fourth-order valence-electron chi connectivity index (χ4n) is 3.99. The van der Waals surface area contributed by atoms with Crippen molar-refractivity contribution in [3.8, 4) is 17.2 Å². The van der Waals surface area contributed by atoms with Gasteiger partial charge >= 0.3 is 0 Å². The molecule has 4 rings (SSSR count). The number of benzene rings is 2. The summed E-state index contributed by atoms with van der Waals surface area (Å²) in [7, 11) is 1.65. The first kappa shape index (κ1) is 21.4. The minimum atomic E-state index is -0.630. The van der Waals surface area contributed by atoms with E-state index < -0.39 is 11.7 Å². The molecule has 1 fully saturated rings. The molecule has 0 saturated carbocycles. The van der Waals surface area contributed by atoms with Crippen LogP contribution in [-0.2, 0) is 19.8 Å². The summed E-state index contributed by atoms with van der Waals surface area (Å²) in [5, 5.41) is 20.8. The van der Waals surface area contributed by atoms with Crippen molar-refractivity contribution in [2.24, 2.45) is 0 Å². The van der Waals surface area contributed by atoms with Gasteiger partial charge in [0.2, 0.25) is 0 Å². The van der Waals surface area contributed by atoms with Crippen LogP contribution in [0.1, 0.15) is 35.4 Å². The molecule has 1 aromatic heterocycles. The van der Waals surface area contributed by atoms with Crippen molar-refractivity contribution >= 4 is 10.9 Å². The van der Waals surface area contributed by atoms with Crippen molar-refractivity contribution in [1.82, 2.24) is 4.98 Å². The van der Waals surface area contributed by atoms with Gasteiger partial charge in [-0.05, 0) is 48.2 Å². The number of aliphatic hydroxyl groups excluding tert-OH is 1. The van der Waals surface area contributed by atoms with Crippen LogP contribution < -0.4 is 0 Å². The van der Waals surface area contributed by atoms with E-state index in [2.05, 4.69) is 11.1 Å². The van der Waals surface area contributed by atoms with E-state index in [1.165, 1.54) is 0 Å². The molecule has 0 bridgehead atoms. The third-order valence-corrected chi connectivity index (χ3v) is 5.72. The molecule has 160 valence electrons. The van der Waals surface area contributed by atoms with Crippen molar-refractivity contribution in [2.45, 2.75) is 25.6 Å². The molecule has 6 heteroatoms. The summed E-state index contributed by atoms with van der Waals surface area (Å²) >= 11 is 0. The normalized spacial score (nSPS) is 16.0. The molecule has 2 heterocycles. The number of rotatable bonds is 7. The van der Waals surface area contributed by atoms with Crippen LogP contribution in [0.3, 0.4) is 0 Å². The maximum atomic E-state index is 10.3. The lowest BCUT2D eigenvalue weighted by Crippen LogP contribution is -2.49. The first-order chi connectivity index (χ1) is 15.0. The van der Waals surface area contributed by atoms with Crippen LogP contribution in [0.15, 0.2) is 42.5 Å². The van der Waals surface area contributed by atoms with E-state index in [-0.39, 0.29) is 0 Å². The van der Waals surface area contributed by atoms with E-state index in [0.717, 1.165) is 33.2 Å². The quantitative estimate of drug-likeness (QED) is 0.584. The Balaban J connectivity index is 1.74. The van der Waals surface area contributed by atoms with Gasteiger partial charge < -0.3 is 19.3 Å². The summed E-state index contributed by atoms with van der Waals surface area (Å²) in [6.45, 7) is 5.74. The van der Waals surface area contributed by atoms with Gasteiger partial charge in [-0.2, -0.15) is 5.26 Å². The average Bonchev–Trinajstić information content (AvgIpc) is 2.74. The van der Waals surface area contributed by atoms with E-state index in [1.54, 1.807) is 14.0 Å². The van der Waals surface area contributed by atoms with Gasteiger partial charge in [-0.3, -0.25) is 0 Å². The molecule has 1 aliphatic heterocycles. The van der Waals surface area contributed by atoms with Crippen molar-refractivity contribution in [1.29, 1.82) is 5.26 Å². The van der Waals surface area contributed by atoms with Crippen molar-refractivity contribution in [2.75, 3.05) is 33.5 Å². The van der Waals surface area contributed by atoms with E-state index in [0.29, 0.717) is 37.6 Å². The lowest BCUT2D eigenvalue weighted by Gasteiger charge is -2.41. The Labute approximate surface area is 182 Å². The fraction of sp³-hybridized carbons (Fsp3) is 0.360. The largest absolute Gasteiger partial charge is 0.389 e. The second-order valence-electron chi connectivity index (χ2n) is 8.00. The summed E-state index contributed by atoms with van der Waals surface area (Å²) in [5.41, 5.74) is 5.09. The number of fused-ring (bicyclic) bond motifs is 1. The van der Waals surface area contributed by atoms with Crippen molar-refractivity contribution in [3.63, 3.8) is 0 Å². The number of methoxy groups -OCH3 is 1. The second-order valence-corrected chi connectivity index (χ2v) is 8.00. The molecule has 1 unspecified atom stereocenters. The van der Waals surface area contributed by atoms with Gasteiger partial charge in [-0.1, -0.05) is 30.3 Å². The van der Waals surface area contributed by atoms with E-state index in [9.17, 15) is 10.4 Å². The van der Waals surface area contributed by atoms with Crippen LogP contribution in [0.5, 0.6) is 0 Å². The Morgan fingerprint density at radius 2 is 1.94 bits per heavy atom. The Hall–Kier alpha value is -2.82. The second kappa shape index (κ2) is 8.74. The zero-order valence-corrected chi connectivity index (χ0v) is 18.0. The summed E-state index contributed by atoms with van der Waals surface area (Å²) < 4.78 is 16.6. The molecule has 0 aliphatic carbocycles. The molecule has 1 aliphatic rings. The van der Waals surface area contributed by atoms with E-state index in [4.69, 9.17) is 14.2 Å². The number of aromatic nitrogens is 1. The Morgan fingerprint density at radius 1 is 1.19 bits per heavy atom.